The maximum absolute atomic E-state index is 13.2. The van der Waals surface area contributed by atoms with Crippen LogP contribution in [0.4, 0.5) is 4.39 Å². The lowest BCUT2D eigenvalue weighted by Crippen LogP contribution is -2.31. The second kappa shape index (κ2) is 5.63. The first kappa shape index (κ1) is 15.5. The Hall–Kier alpha value is -1.53. The Morgan fingerprint density at radius 2 is 2.26 bits per heavy atom. The monoisotopic (exact) mass is 306 g/mol. The molecule has 0 spiro atoms. The molecule has 8 heteroatoms. The predicted octanol–water partition coefficient (Wildman–Crippen LogP) is 2.16. The fraction of sp³-hybridized carbons (Fsp3) is 0.273. The van der Waals surface area contributed by atoms with Crippen molar-refractivity contribution in [3.8, 4) is 5.75 Å². The van der Waals surface area contributed by atoms with E-state index in [4.69, 9.17) is 22.7 Å². The molecule has 0 fully saturated rings. The Morgan fingerprint density at radius 3 is 2.79 bits per heavy atom. The van der Waals surface area contributed by atoms with Crippen molar-refractivity contribution in [2.75, 3.05) is 6.54 Å². The van der Waals surface area contributed by atoms with Crippen molar-refractivity contribution < 1.29 is 9.50 Å². The van der Waals surface area contributed by atoms with E-state index in [2.05, 4.69) is 5.10 Å². The Bertz CT molecular complexity index is 550. The van der Waals surface area contributed by atoms with Crippen LogP contribution in [0.25, 0.3) is 0 Å². The SMILES string of the molecule is C[C@@H]1CN(C(=N)N)N=C1c1ccc(F)c(Cl)c1O.Cl. The number of hydrogen-bond donors (Lipinski definition) is 3. The smallest absolute Gasteiger partial charge is 0.209 e. The van der Waals surface area contributed by atoms with Gasteiger partial charge in [-0.2, -0.15) is 5.10 Å². The average molecular weight is 307 g/mol. The molecule has 1 aliphatic heterocycles. The number of rotatable bonds is 1. The van der Waals surface area contributed by atoms with Crippen LogP contribution in [0.1, 0.15) is 12.5 Å². The molecule has 4 N–H and O–H groups in total. The van der Waals surface area contributed by atoms with Gasteiger partial charge >= 0.3 is 0 Å². The van der Waals surface area contributed by atoms with E-state index in [0.717, 1.165) is 0 Å². The zero-order valence-electron chi connectivity index (χ0n) is 10.0. The van der Waals surface area contributed by atoms with Gasteiger partial charge in [-0.25, -0.2) is 9.40 Å². The predicted molar refractivity (Wildman–Crippen MR) is 74.6 cm³/mol. The van der Waals surface area contributed by atoms with E-state index < -0.39 is 5.82 Å². The molecule has 0 radical (unpaired) electrons. The summed E-state index contributed by atoms with van der Waals surface area (Å²) >= 11 is 5.65. The van der Waals surface area contributed by atoms with Crippen LogP contribution in [0.5, 0.6) is 5.75 Å². The summed E-state index contributed by atoms with van der Waals surface area (Å²) in [4.78, 5) is 0. The Balaban J connectivity index is 0.00000180. The molecule has 0 unspecified atom stereocenters. The lowest BCUT2D eigenvalue weighted by atomic mass is 9.98. The maximum Gasteiger partial charge on any atom is 0.209 e. The van der Waals surface area contributed by atoms with Gasteiger partial charge in [0.1, 0.15) is 16.6 Å². The van der Waals surface area contributed by atoms with Crippen molar-refractivity contribution in [1.82, 2.24) is 5.01 Å². The van der Waals surface area contributed by atoms with E-state index in [1.807, 2.05) is 6.92 Å². The minimum Gasteiger partial charge on any atom is -0.506 e. The summed E-state index contributed by atoms with van der Waals surface area (Å²) in [6, 6.07) is 2.58. The number of nitrogens with one attached hydrogen (secondary N) is 1. The van der Waals surface area contributed by atoms with E-state index in [1.54, 1.807) is 0 Å². The number of hydrogen-bond acceptors (Lipinski definition) is 3. The molecule has 0 aromatic heterocycles. The van der Waals surface area contributed by atoms with Crippen molar-refractivity contribution in [2.24, 2.45) is 16.8 Å². The average Bonchev–Trinajstić information content (AvgIpc) is 2.69. The highest BCUT2D eigenvalue weighted by molar-refractivity contribution is 6.33. The van der Waals surface area contributed by atoms with Crippen LogP contribution in [0.15, 0.2) is 17.2 Å². The zero-order chi connectivity index (χ0) is 13.4. The highest BCUT2D eigenvalue weighted by Crippen LogP contribution is 2.33. The van der Waals surface area contributed by atoms with E-state index >= 15 is 0 Å². The molecule has 0 saturated heterocycles. The molecule has 0 aliphatic carbocycles. The molecule has 19 heavy (non-hydrogen) atoms. The highest BCUT2D eigenvalue weighted by Gasteiger charge is 2.28. The minimum absolute atomic E-state index is 0. The van der Waals surface area contributed by atoms with E-state index in [1.165, 1.54) is 17.1 Å². The normalized spacial score (nSPS) is 17.9. The number of hydrazone groups is 1. The van der Waals surface area contributed by atoms with Gasteiger partial charge in [0.05, 0.1) is 12.3 Å². The number of phenolic OH excluding ortho intramolecular Hbond substituents is 1. The molecular weight excluding hydrogens is 294 g/mol. The number of aromatic hydroxyl groups is 1. The van der Waals surface area contributed by atoms with Gasteiger partial charge in [-0.3, -0.25) is 5.41 Å². The Morgan fingerprint density at radius 1 is 1.63 bits per heavy atom. The van der Waals surface area contributed by atoms with Crippen molar-refractivity contribution in [3.05, 3.63) is 28.5 Å². The van der Waals surface area contributed by atoms with E-state index in [0.29, 0.717) is 17.8 Å². The molecular formula is C11H13Cl2FN4O. The van der Waals surface area contributed by atoms with Crippen LogP contribution >= 0.6 is 24.0 Å². The van der Waals surface area contributed by atoms with Crippen LogP contribution < -0.4 is 5.73 Å². The molecule has 0 bridgehead atoms. The number of halogens is 3. The largest absolute Gasteiger partial charge is 0.506 e. The van der Waals surface area contributed by atoms with Crippen molar-refractivity contribution in [3.63, 3.8) is 0 Å². The first-order valence-corrected chi connectivity index (χ1v) is 5.67. The molecule has 5 nitrogen and oxygen atoms in total. The van der Waals surface area contributed by atoms with Crippen LogP contribution in [0.3, 0.4) is 0 Å². The van der Waals surface area contributed by atoms with Gasteiger partial charge in [-0.15, -0.1) is 12.4 Å². The second-order valence-electron chi connectivity index (χ2n) is 4.11. The number of phenols is 1. The number of nitrogens with two attached hydrogens (primary N) is 1. The second-order valence-corrected chi connectivity index (χ2v) is 4.49. The van der Waals surface area contributed by atoms with Gasteiger partial charge < -0.3 is 10.8 Å². The third kappa shape index (κ3) is 2.74. The van der Waals surface area contributed by atoms with Gasteiger partial charge in [0, 0.05) is 11.5 Å². The van der Waals surface area contributed by atoms with Crippen LogP contribution in [0, 0.1) is 17.1 Å². The van der Waals surface area contributed by atoms with E-state index in [-0.39, 0.29) is 35.1 Å². The third-order valence-corrected chi connectivity index (χ3v) is 3.12. The van der Waals surface area contributed by atoms with Gasteiger partial charge in [-0.05, 0) is 12.1 Å². The van der Waals surface area contributed by atoms with Crippen LogP contribution in [0.2, 0.25) is 5.02 Å². The van der Waals surface area contributed by atoms with Gasteiger partial charge in [0.25, 0.3) is 0 Å². The molecule has 2 rings (SSSR count). The molecule has 104 valence electrons. The number of guanidine groups is 1. The number of benzene rings is 1. The minimum atomic E-state index is -0.687. The van der Waals surface area contributed by atoms with Crippen LogP contribution in [-0.4, -0.2) is 28.3 Å². The van der Waals surface area contributed by atoms with Gasteiger partial charge in [0.2, 0.25) is 5.96 Å². The number of nitrogens with zero attached hydrogens (tertiary/aromatic N) is 2. The van der Waals surface area contributed by atoms with Crippen molar-refractivity contribution >= 4 is 35.7 Å². The molecule has 0 amide bonds. The molecule has 0 saturated carbocycles. The lowest BCUT2D eigenvalue weighted by Gasteiger charge is -2.10. The summed E-state index contributed by atoms with van der Waals surface area (Å²) in [7, 11) is 0. The Kier molecular flexibility index (Phi) is 4.60. The van der Waals surface area contributed by atoms with Gasteiger partial charge in [0.15, 0.2) is 0 Å². The molecule has 1 aliphatic rings. The first-order chi connectivity index (χ1) is 8.41. The van der Waals surface area contributed by atoms with Crippen molar-refractivity contribution in [2.45, 2.75) is 6.92 Å². The fourth-order valence-electron chi connectivity index (χ4n) is 1.83. The maximum atomic E-state index is 13.2. The molecule has 1 heterocycles. The fourth-order valence-corrected chi connectivity index (χ4v) is 2.00. The third-order valence-electron chi connectivity index (χ3n) is 2.77. The van der Waals surface area contributed by atoms with Gasteiger partial charge in [-0.1, -0.05) is 18.5 Å². The molecule has 1 aromatic rings. The highest BCUT2D eigenvalue weighted by atomic mass is 35.5. The topological polar surface area (TPSA) is 85.7 Å². The van der Waals surface area contributed by atoms with Crippen LogP contribution in [-0.2, 0) is 0 Å². The molecule has 1 atom stereocenters. The summed E-state index contributed by atoms with van der Waals surface area (Å²) < 4.78 is 13.2. The summed E-state index contributed by atoms with van der Waals surface area (Å²) in [5.74, 6) is -1.24. The zero-order valence-corrected chi connectivity index (χ0v) is 11.6. The summed E-state index contributed by atoms with van der Waals surface area (Å²) in [5, 5.41) is 22.3. The lowest BCUT2D eigenvalue weighted by molar-refractivity contribution is 0.448. The van der Waals surface area contributed by atoms with Crippen molar-refractivity contribution in [1.29, 1.82) is 5.41 Å². The summed E-state index contributed by atoms with van der Waals surface area (Å²) in [5.41, 5.74) is 6.24. The summed E-state index contributed by atoms with van der Waals surface area (Å²) in [6.45, 7) is 2.32. The molecule has 1 aromatic carbocycles. The van der Waals surface area contributed by atoms with E-state index in [9.17, 15) is 9.50 Å². The Labute approximate surface area is 120 Å². The standard InChI is InChI=1S/C11H12ClFN4O.ClH/c1-5-4-17(11(14)15)16-9(5)6-2-3-7(13)8(12)10(6)18;/h2-3,5,18H,4H2,1H3,(H3,14,15);1H/t5-;/m1./s1. The first-order valence-electron chi connectivity index (χ1n) is 5.29. The summed E-state index contributed by atoms with van der Waals surface area (Å²) in [6.07, 6.45) is 0. The quantitative estimate of drug-likeness (QED) is 0.549.